The van der Waals surface area contributed by atoms with E-state index in [9.17, 15) is 0 Å². The summed E-state index contributed by atoms with van der Waals surface area (Å²) in [5, 5.41) is 3.73. The molecule has 3 fully saturated rings. The normalized spacial score (nSPS) is 34.0. The van der Waals surface area contributed by atoms with Gasteiger partial charge in [-0.15, -0.1) is 0 Å². The predicted octanol–water partition coefficient (Wildman–Crippen LogP) is 1.31. The van der Waals surface area contributed by atoms with Gasteiger partial charge in [-0.2, -0.15) is 0 Å². The van der Waals surface area contributed by atoms with Crippen LogP contribution in [0.15, 0.2) is 0 Å². The Morgan fingerprint density at radius 3 is 2.80 bits per heavy atom. The number of hydrogen-bond donors (Lipinski definition) is 1. The molecule has 4 heteroatoms. The first-order valence-corrected chi connectivity index (χ1v) is 8.62. The van der Waals surface area contributed by atoms with Crippen LogP contribution in [0.4, 0.5) is 0 Å². The van der Waals surface area contributed by atoms with Crippen molar-refractivity contribution in [3.05, 3.63) is 0 Å². The highest BCUT2D eigenvalue weighted by Crippen LogP contribution is 2.23. The zero-order valence-electron chi connectivity index (χ0n) is 13.0. The van der Waals surface area contributed by atoms with Gasteiger partial charge in [0, 0.05) is 57.5 Å². The van der Waals surface area contributed by atoms with Crippen molar-refractivity contribution in [3.8, 4) is 0 Å². The second-order valence-electron chi connectivity index (χ2n) is 6.83. The summed E-state index contributed by atoms with van der Waals surface area (Å²) in [5.41, 5.74) is 0. The average molecular weight is 281 g/mol. The fraction of sp³-hybridized carbons (Fsp3) is 1.00. The largest absolute Gasteiger partial charge is 0.381 e. The lowest BCUT2D eigenvalue weighted by atomic mass is 9.97. The second-order valence-corrected chi connectivity index (χ2v) is 6.83. The van der Waals surface area contributed by atoms with Crippen LogP contribution in [0.25, 0.3) is 0 Å². The van der Waals surface area contributed by atoms with Crippen molar-refractivity contribution in [1.82, 2.24) is 15.1 Å². The van der Waals surface area contributed by atoms with Gasteiger partial charge in [-0.1, -0.05) is 6.42 Å². The molecule has 116 valence electrons. The minimum absolute atomic E-state index is 0.690. The van der Waals surface area contributed by atoms with Crippen LogP contribution in [0.3, 0.4) is 0 Å². The molecule has 1 N–H and O–H groups in total. The van der Waals surface area contributed by atoms with Crippen LogP contribution in [0.2, 0.25) is 0 Å². The fourth-order valence-corrected chi connectivity index (χ4v) is 4.04. The molecule has 0 bridgehead atoms. The number of hydrogen-bond acceptors (Lipinski definition) is 4. The van der Waals surface area contributed by atoms with Gasteiger partial charge in [-0.3, -0.25) is 9.80 Å². The molecule has 4 nitrogen and oxygen atoms in total. The molecule has 3 aliphatic heterocycles. The van der Waals surface area contributed by atoms with Crippen molar-refractivity contribution < 1.29 is 4.74 Å². The zero-order valence-corrected chi connectivity index (χ0v) is 13.0. The van der Waals surface area contributed by atoms with E-state index >= 15 is 0 Å². The number of piperazine rings is 1. The quantitative estimate of drug-likeness (QED) is 0.841. The summed E-state index contributed by atoms with van der Waals surface area (Å²) in [5.74, 6) is 0. The Bertz CT molecular complexity index is 293. The average Bonchev–Trinajstić information content (AvgIpc) is 2.49. The molecule has 3 saturated heterocycles. The Hall–Kier alpha value is -0.160. The zero-order chi connectivity index (χ0) is 13.8. The molecule has 3 heterocycles. The summed E-state index contributed by atoms with van der Waals surface area (Å²) >= 11 is 0. The van der Waals surface area contributed by atoms with E-state index in [1.807, 2.05) is 0 Å². The van der Waals surface area contributed by atoms with Crippen LogP contribution >= 0.6 is 0 Å². The molecule has 2 unspecified atom stereocenters. The van der Waals surface area contributed by atoms with E-state index in [4.69, 9.17) is 4.74 Å². The van der Waals surface area contributed by atoms with Gasteiger partial charge in [0.15, 0.2) is 0 Å². The maximum atomic E-state index is 5.42. The molecular weight excluding hydrogens is 250 g/mol. The van der Waals surface area contributed by atoms with Gasteiger partial charge in [0.05, 0.1) is 0 Å². The van der Waals surface area contributed by atoms with Crippen molar-refractivity contribution in [2.24, 2.45) is 0 Å². The fourth-order valence-electron chi connectivity index (χ4n) is 4.04. The van der Waals surface area contributed by atoms with Gasteiger partial charge in [-0.05, 0) is 39.2 Å². The third-order valence-corrected chi connectivity index (χ3v) is 5.37. The molecule has 3 rings (SSSR count). The standard InChI is InChI=1S/C16H31N3O/c1-14-12-19-8-3-2-4-16(19)13-18(14)9-7-17-15-5-10-20-11-6-15/h14-17H,2-13H2,1H3. The molecule has 0 spiro atoms. The number of piperidine rings is 1. The first-order valence-electron chi connectivity index (χ1n) is 8.62. The molecule has 0 saturated carbocycles. The summed E-state index contributed by atoms with van der Waals surface area (Å²) in [7, 11) is 0. The molecule has 0 radical (unpaired) electrons. The number of nitrogens with zero attached hydrogens (tertiary/aromatic N) is 2. The Balaban J connectivity index is 1.40. The van der Waals surface area contributed by atoms with Gasteiger partial charge in [0.1, 0.15) is 0 Å². The van der Waals surface area contributed by atoms with Crippen molar-refractivity contribution in [2.45, 2.75) is 57.2 Å². The minimum Gasteiger partial charge on any atom is -0.381 e. The van der Waals surface area contributed by atoms with E-state index in [0.29, 0.717) is 6.04 Å². The van der Waals surface area contributed by atoms with E-state index in [1.54, 1.807) is 0 Å². The number of rotatable bonds is 4. The molecule has 0 aromatic carbocycles. The monoisotopic (exact) mass is 281 g/mol. The summed E-state index contributed by atoms with van der Waals surface area (Å²) in [4.78, 5) is 5.44. The predicted molar refractivity (Wildman–Crippen MR) is 82.1 cm³/mol. The van der Waals surface area contributed by atoms with Crippen molar-refractivity contribution in [1.29, 1.82) is 0 Å². The molecule has 3 aliphatic rings. The lowest BCUT2D eigenvalue weighted by Crippen LogP contribution is -2.59. The van der Waals surface area contributed by atoms with E-state index < -0.39 is 0 Å². The first-order chi connectivity index (χ1) is 9.83. The highest BCUT2D eigenvalue weighted by molar-refractivity contribution is 4.89. The number of fused-ring (bicyclic) bond motifs is 1. The summed E-state index contributed by atoms with van der Waals surface area (Å²) in [6.07, 6.45) is 6.63. The first kappa shape index (κ1) is 14.8. The molecule has 0 aromatic rings. The van der Waals surface area contributed by atoms with Gasteiger partial charge in [0.2, 0.25) is 0 Å². The summed E-state index contributed by atoms with van der Waals surface area (Å²) < 4.78 is 5.42. The Kier molecular flexibility index (Phi) is 5.32. The maximum absolute atomic E-state index is 5.42. The lowest BCUT2D eigenvalue weighted by molar-refractivity contribution is 0.0147. The highest BCUT2D eigenvalue weighted by Gasteiger charge is 2.32. The second kappa shape index (κ2) is 7.21. The van der Waals surface area contributed by atoms with Gasteiger partial charge in [-0.25, -0.2) is 0 Å². The molecule has 0 amide bonds. The van der Waals surface area contributed by atoms with Crippen LogP contribution in [0.1, 0.15) is 39.0 Å². The Labute approximate surface area is 123 Å². The van der Waals surface area contributed by atoms with Crippen LogP contribution in [0.5, 0.6) is 0 Å². The smallest absolute Gasteiger partial charge is 0.0480 e. The molecule has 0 aliphatic carbocycles. The van der Waals surface area contributed by atoms with E-state index in [1.165, 1.54) is 58.3 Å². The Morgan fingerprint density at radius 2 is 1.95 bits per heavy atom. The maximum Gasteiger partial charge on any atom is 0.0480 e. The highest BCUT2D eigenvalue weighted by atomic mass is 16.5. The van der Waals surface area contributed by atoms with Crippen LogP contribution in [0, 0.1) is 0 Å². The molecule has 20 heavy (non-hydrogen) atoms. The topological polar surface area (TPSA) is 27.7 Å². The van der Waals surface area contributed by atoms with Crippen molar-refractivity contribution in [3.63, 3.8) is 0 Å². The molecular formula is C16H31N3O. The Morgan fingerprint density at radius 1 is 1.10 bits per heavy atom. The SMILES string of the molecule is CC1CN2CCCCC2CN1CCNC1CCOCC1. The van der Waals surface area contributed by atoms with Gasteiger partial charge in [0.25, 0.3) is 0 Å². The van der Waals surface area contributed by atoms with Gasteiger partial charge >= 0.3 is 0 Å². The van der Waals surface area contributed by atoms with Crippen LogP contribution in [-0.2, 0) is 4.74 Å². The van der Waals surface area contributed by atoms with E-state index in [2.05, 4.69) is 22.0 Å². The third-order valence-electron chi connectivity index (χ3n) is 5.37. The molecule has 0 aromatic heterocycles. The third kappa shape index (κ3) is 3.73. The summed E-state index contributed by atoms with van der Waals surface area (Å²) in [6, 6.07) is 2.25. The summed E-state index contributed by atoms with van der Waals surface area (Å²) in [6.45, 7) is 10.5. The van der Waals surface area contributed by atoms with Crippen molar-refractivity contribution >= 4 is 0 Å². The van der Waals surface area contributed by atoms with Crippen molar-refractivity contribution in [2.75, 3.05) is 45.9 Å². The van der Waals surface area contributed by atoms with Gasteiger partial charge < -0.3 is 10.1 Å². The lowest BCUT2D eigenvalue weighted by Gasteiger charge is -2.47. The van der Waals surface area contributed by atoms with E-state index in [-0.39, 0.29) is 0 Å². The number of nitrogens with one attached hydrogen (secondary N) is 1. The molecule has 2 atom stereocenters. The van der Waals surface area contributed by atoms with Crippen LogP contribution < -0.4 is 5.32 Å². The van der Waals surface area contributed by atoms with E-state index in [0.717, 1.165) is 31.8 Å². The minimum atomic E-state index is 0.690. The van der Waals surface area contributed by atoms with Crippen LogP contribution in [-0.4, -0.2) is 73.9 Å². The number of ether oxygens (including phenoxy) is 1.